The van der Waals surface area contributed by atoms with Crippen molar-refractivity contribution in [1.29, 1.82) is 0 Å². The number of hydrogen-bond acceptors (Lipinski definition) is 1. The van der Waals surface area contributed by atoms with Crippen molar-refractivity contribution in [2.24, 2.45) is 0 Å². The molecule has 4 rings (SSSR count). The molecule has 0 atom stereocenters. The molecule has 0 radical (unpaired) electrons. The average Bonchev–Trinajstić information content (AvgIpc) is 3.01. The molecule has 37 heavy (non-hydrogen) atoms. The van der Waals surface area contributed by atoms with E-state index in [9.17, 15) is 0 Å². The molecule has 0 fully saturated rings. The Hall–Kier alpha value is 1.10. The van der Waals surface area contributed by atoms with E-state index in [2.05, 4.69) is 0 Å². The van der Waals surface area contributed by atoms with Crippen molar-refractivity contribution in [3.8, 4) is 22.6 Å². The van der Waals surface area contributed by atoms with Gasteiger partial charge in [0.15, 0.2) is 17.1 Å². The van der Waals surface area contributed by atoms with Gasteiger partial charge in [0.05, 0.1) is 20.1 Å². The predicted molar refractivity (Wildman–Crippen MR) is 166 cm³/mol. The maximum absolute atomic E-state index is 6.51. The molecule has 0 amide bonds. The summed E-state index contributed by atoms with van der Waals surface area (Å²) in [7, 11) is 25.0. The van der Waals surface area contributed by atoms with Gasteiger partial charge < -0.3 is 0 Å². The Morgan fingerprint density at radius 3 is 1.51 bits per heavy atom. The minimum absolute atomic E-state index is 0.354. The van der Waals surface area contributed by atoms with E-state index in [4.69, 9.17) is 128 Å². The van der Waals surface area contributed by atoms with Crippen LogP contribution < -0.4 is 4.68 Å². The predicted octanol–water partition coefficient (Wildman–Crippen LogP) is 11.8. The Balaban J connectivity index is 0.000000479. The summed E-state index contributed by atoms with van der Waals surface area (Å²) in [6.07, 6.45) is 0. The third kappa shape index (κ3) is 9.57. The van der Waals surface area contributed by atoms with Gasteiger partial charge in [0.1, 0.15) is 5.21 Å². The van der Waals surface area contributed by atoms with Gasteiger partial charge in [-0.05, 0) is 24.3 Å². The van der Waals surface area contributed by atoms with E-state index in [0.717, 1.165) is 17.0 Å². The van der Waals surface area contributed by atoms with Crippen LogP contribution in [0.15, 0.2) is 54.6 Å². The molecule has 200 valence electrons. The van der Waals surface area contributed by atoms with Crippen LogP contribution >= 0.6 is 123 Å². The molecule has 1 heterocycles. The molecular formula is C21H12Cl12N3Sb. The molecule has 0 aliphatic heterocycles. The van der Waals surface area contributed by atoms with Crippen LogP contribution in [0.4, 0.5) is 0 Å². The fourth-order valence-electron chi connectivity index (χ4n) is 3.22. The first-order valence-corrected chi connectivity index (χ1v) is 31.3. The summed E-state index contributed by atoms with van der Waals surface area (Å²) < 4.78 is 3.30. The Bertz CT molecular complexity index is 1430. The van der Waals surface area contributed by atoms with Gasteiger partial charge in [0.2, 0.25) is 5.69 Å². The SMILES string of the molecule is Cc1c(-c2ccccc2)[n+](-c2c(Cl)cc(Cl)cc2Cl)nn1-c1c(Cl)cc(Cl)cc1Cl.[Cl][Sb-]([Cl])([Cl])([Cl])([Cl])[Cl]. The monoisotopic (exact) mass is 847 g/mol. The summed E-state index contributed by atoms with van der Waals surface area (Å²) in [5.41, 5.74) is 3.43. The second-order valence-corrected chi connectivity index (χ2v) is 66.8. The summed E-state index contributed by atoms with van der Waals surface area (Å²) in [6.45, 7) is 1.91. The standard InChI is InChI=1S/C21H12Cl6N3.6ClH.Sb/c1-11-19(12-5-3-2-4-6-12)30(21-17(26)9-14(23)10-18(21)27)28-29(11)20-15(24)7-13(22)8-16(20)25;;;;;;;/h2-10H,1H3;6*1H;/q+1;;;;;;;+5/p-6. The second-order valence-electron chi connectivity index (χ2n) is 7.41. The van der Waals surface area contributed by atoms with E-state index in [1.165, 1.54) is 0 Å². The second kappa shape index (κ2) is 11.4. The zero-order valence-electron chi connectivity index (χ0n) is 18.0. The van der Waals surface area contributed by atoms with Crippen molar-refractivity contribution in [3.63, 3.8) is 0 Å². The van der Waals surface area contributed by atoms with E-state index >= 15 is 0 Å². The molecule has 1 aromatic heterocycles. The van der Waals surface area contributed by atoms with Crippen molar-refractivity contribution in [3.05, 3.63) is 90.4 Å². The van der Waals surface area contributed by atoms with Gasteiger partial charge in [-0.3, -0.25) is 0 Å². The van der Waals surface area contributed by atoms with Crippen LogP contribution in [0.2, 0.25) is 30.1 Å². The third-order valence-corrected chi connectivity index (χ3v) is 6.07. The number of hydrogen-bond donors (Lipinski definition) is 0. The minimum atomic E-state index is -5.42. The molecule has 0 saturated heterocycles. The molecule has 0 spiro atoms. The van der Waals surface area contributed by atoms with Crippen molar-refractivity contribution >= 4 is 132 Å². The first kappa shape index (κ1) is 32.6. The summed E-state index contributed by atoms with van der Waals surface area (Å²) in [4.78, 5) is 0. The maximum atomic E-state index is 6.51. The number of nitrogens with zero attached hydrogens (tertiary/aromatic N) is 3. The van der Waals surface area contributed by atoms with Crippen LogP contribution in [0.25, 0.3) is 22.6 Å². The summed E-state index contributed by atoms with van der Waals surface area (Å²) in [5, 5.41) is 7.02. The fraction of sp³-hybridized carbons (Fsp3) is 0.0476. The van der Waals surface area contributed by atoms with Crippen LogP contribution in [0, 0.1) is 6.92 Å². The normalized spacial score (nSPS) is 13.4. The van der Waals surface area contributed by atoms with Crippen molar-refractivity contribution < 1.29 is 4.68 Å². The topological polar surface area (TPSA) is 21.7 Å². The molecule has 0 aliphatic rings. The molecule has 4 aromatic rings. The zero-order chi connectivity index (χ0) is 28.0. The van der Waals surface area contributed by atoms with Crippen molar-refractivity contribution in [2.75, 3.05) is 0 Å². The molecular weight excluding hydrogens is 841 g/mol. The Morgan fingerprint density at radius 2 is 1.08 bits per heavy atom. The Labute approximate surface area is 263 Å². The van der Waals surface area contributed by atoms with Gasteiger partial charge in [-0.2, -0.15) is 0 Å². The van der Waals surface area contributed by atoms with Gasteiger partial charge in [-0.1, -0.05) is 109 Å². The molecule has 16 heteroatoms. The van der Waals surface area contributed by atoms with E-state index < -0.39 is 9.14 Å². The molecule has 0 aliphatic carbocycles. The van der Waals surface area contributed by atoms with Gasteiger partial charge in [0.25, 0.3) is 0 Å². The van der Waals surface area contributed by atoms with Gasteiger partial charge >= 0.3 is 62.1 Å². The van der Waals surface area contributed by atoms with Crippen molar-refractivity contribution in [2.45, 2.75) is 6.92 Å². The van der Waals surface area contributed by atoms with Crippen LogP contribution in [0.1, 0.15) is 5.69 Å². The summed E-state index contributed by atoms with van der Waals surface area (Å²) in [5.74, 6) is 0. The molecule has 3 aromatic carbocycles. The zero-order valence-corrected chi connectivity index (χ0v) is 29.6. The van der Waals surface area contributed by atoms with Crippen LogP contribution in [0.5, 0.6) is 0 Å². The van der Waals surface area contributed by atoms with Gasteiger partial charge in [-0.25, -0.2) is 0 Å². The quantitative estimate of drug-likeness (QED) is 0.149. The van der Waals surface area contributed by atoms with Gasteiger partial charge in [0, 0.05) is 22.5 Å². The average molecular weight is 854 g/mol. The number of benzene rings is 3. The summed E-state index contributed by atoms with van der Waals surface area (Å²) >= 11 is 38.1. The Morgan fingerprint density at radius 1 is 0.676 bits per heavy atom. The third-order valence-electron chi connectivity index (χ3n) is 4.49. The molecule has 0 N–H and O–H groups in total. The number of aromatic nitrogens is 3. The van der Waals surface area contributed by atoms with E-state index in [1.807, 2.05) is 37.3 Å². The van der Waals surface area contributed by atoms with E-state index in [1.54, 1.807) is 33.6 Å². The van der Waals surface area contributed by atoms with Crippen molar-refractivity contribution in [1.82, 2.24) is 9.90 Å². The molecule has 0 bridgehead atoms. The molecule has 3 nitrogen and oxygen atoms in total. The molecule has 0 unspecified atom stereocenters. The fourth-order valence-corrected chi connectivity index (χ4v) is 5.18. The number of halogens is 12. The Kier molecular flexibility index (Phi) is 10.1. The number of rotatable bonds is 3. The molecule has 0 saturated carbocycles. The first-order chi connectivity index (χ1) is 16.7. The van der Waals surface area contributed by atoms with Crippen LogP contribution in [-0.2, 0) is 0 Å². The van der Waals surface area contributed by atoms with Crippen LogP contribution in [-0.4, -0.2) is 19.0 Å². The van der Waals surface area contributed by atoms with E-state index in [0.29, 0.717) is 41.5 Å². The van der Waals surface area contributed by atoms with Crippen LogP contribution in [0.3, 0.4) is 0 Å². The summed E-state index contributed by atoms with van der Waals surface area (Å²) in [6, 6.07) is 16.2. The van der Waals surface area contributed by atoms with E-state index in [-0.39, 0.29) is 0 Å². The van der Waals surface area contributed by atoms with Gasteiger partial charge in [-0.15, -0.1) is 0 Å². The first-order valence-electron chi connectivity index (χ1n) is 9.66.